The lowest BCUT2D eigenvalue weighted by molar-refractivity contribution is 0.0950. The van der Waals surface area contributed by atoms with Gasteiger partial charge in [0, 0.05) is 19.1 Å². The molecule has 0 aromatic heterocycles. The second kappa shape index (κ2) is 11.6. The predicted octanol–water partition coefficient (Wildman–Crippen LogP) is 3.33. The van der Waals surface area contributed by atoms with Gasteiger partial charge in [0.2, 0.25) is 0 Å². The van der Waals surface area contributed by atoms with Crippen molar-refractivity contribution in [1.82, 2.24) is 10.6 Å². The maximum absolute atomic E-state index is 12.4. The molecule has 0 unspecified atom stereocenters. The van der Waals surface area contributed by atoms with E-state index in [-0.39, 0.29) is 34.5 Å². The zero-order valence-corrected chi connectivity index (χ0v) is 17.1. The molecule has 1 aliphatic rings. The third-order valence-corrected chi connectivity index (χ3v) is 6.61. The summed E-state index contributed by atoms with van der Waals surface area (Å²) in [5.41, 5.74) is 0.241. The van der Waals surface area contributed by atoms with Crippen LogP contribution in [0, 0.1) is 0 Å². The SMILES string of the molecule is CCCS(=O)(=O)c1ccccc1C(=O)NCCNC1CCCCCC1.Cl. The number of amides is 1. The number of hydrogen-bond acceptors (Lipinski definition) is 4. The van der Waals surface area contributed by atoms with Crippen LogP contribution < -0.4 is 10.6 Å². The normalized spacial score (nSPS) is 15.7. The van der Waals surface area contributed by atoms with Crippen molar-refractivity contribution in [3.63, 3.8) is 0 Å². The van der Waals surface area contributed by atoms with E-state index >= 15 is 0 Å². The third-order valence-electron chi connectivity index (χ3n) is 4.64. The maximum atomic E-state index is 12.4. The molecule has 0 heterocycles. The van der Waals surface area contributed by atoms with Crippen LogP contribution in [0.15, 0.2) is 29.2 Å². The van der Waals surface area contributed by atoms with E-state index in [9.17, 15) is 13.2 Å². The lowest BCUT2D eigenvalue weighted by Gasteiger charge is -2.16. The molecule has 0 aliphatic heterocycles. The average molecular weight is 403 g/mol. The van der Waals surface area contributed by atoms with Crippen LogP contribution >= 0.6 is 12.4 Å². The standard InChI is InChI=1S/C19H30N2O3S.ClH/c1-2-15-25(23,24)18-12-8-7-11-17(18)19(22)21-14-13-20-16-9-5-3-4-6-10-16;/h7-8,11-12,16,20H,2-6,9-10,13-15H2,1H3,(H,21,22);1H. The molecule has 1 aromatic rings. The van der Waals surface area contributed by atoms with Gasteiger partial charge in [0.15, 0.2) is 9.84 Å². The molecule has 1 fully saturated rings. The van der Waals surface area contributed by atoms with Crippen LogP contribution in [0.25, 0.3) is 0 Å². The molecular formula is C19H31ClN2O3S. The van der Waals surface area contributed by atoms with E-state index in [1.807, 2.05) is 6.92 Å². The molecule has 26 heavy (non-hydrogen) atoms. The quantitative estimate of drug-likeness (QED) is 0.516. The number of benzene rings is 1. The minimum absolute atomic E-state index is 0. The Bertz CT molecular complexity index is 657. The Morgan fingerprint density at radius 1 is 1.08 bits per heavy atom. The van der Waals surface area contributed by atoms with Crippen molar-refractivity contribution in [3.05, 3.63) is 29.8 Å². The van der Waals surface area contributed by atoms with E-state index in [1.54, 1.807) is 18.2 Å². The average Bonchev–Trinajstić information content (AvgIpc) is 2.87. The minimum Gasteiger partial charge on any atom is -0.351 e. The molecule has 0 bridgehead atoms. The van der Waals surface area contributed by atoms with E-state index in [1.165, 1.54) is 44.6 Å². The van der Waals surface area contributed by atoms with Crippen LogP contribution in [0.2, 0.25) is 0 Å². The summed E-state index contributed by atoms with van der Waals surface area (Å²) in [7, 11) is -3.41. The molecule has 5 nitrogen and oxygen atoms in total. The molecule has 1 aromatic carbocycles. The first-order valence-electron chi connectivity index (χ1n) is 9.38. The van der Waals surface area contributed by atoms with Crippen LogP contribution in [0.1, 0.15) is 62.2 Å². The first-order chi connectivity index (χ1) is 12.0. The van der Waals surface area contributed by atoms with Crippen molar-refractivity contribution in [3.8, 4) is 0 Å². The molecule has 148 valence electrons. The first-order valence-corrected chi connectivity index (χ1v) is 11.0. The molecular weight excluding hydrogens is 372 g/mol. The number of hydrogen-bond donors (Lipinski definition) is 2. The van der Waals surface area contributed by atoms with Crippen LogP contribution in [-0.2, 0) is 9.84 Å². The highest BCUT2D eigenvalue weighted by molar-refractivity contribution is 7.91. The van der Waals surface area contributed by atoms with Crippen LogP contribution in [0.3, 0.4) is 0 Å². The molecule has 1 amide bonds. The van der Waals surface area contributed by atoms with Gasteiger partial charge in [0.05, 0.1) is 16.2 Å². The number of rotatable bonds is 8. The summed E-state index contributed by atoms with van der Waals surface area (Å²) in [6, 6.07) is 6.99. The van der Waals surface area contributed by atoms with Gasteiger partial charge in [-0.2, -0.15) is 0 Å². The molecule has 0 atom stereocenters. The Morgan fingerprint density at radius 3 is 2.38 bits per heavy atom. The van der Waals surface area contributed by atoms with Crippen molar-refractivity contribution >= 4 is 28.2 Å². The Hall–Kier alpha value is -1.11. The van der Waals surface area contributed by atoms with Gasteiger partial charge in [-0.15, -0.1) is 12.4 Å². The highest BCUT2D eigenvalue weighted by Crippen LogP contribution is 2.18. The van der Waals surface area contributed by atoms with Crippen LogP contribution in [0.5, 0.6) is 0 Å². The molecule has 1 aliphatic carbocycles. The van der Waals surface area contributed by atoms with Gasteiger partial charge in [0.1, 0.15) is 0 Å². The van der Waals surface area contributed by atoms with E-state index < -0.39 is 9.84 Å². The monoisotopic (exact) mass is 402 g/mol. The van der Waals surface area contributed by atoms with Crippen molar-refractivity contribution < 1.29 is 13.2 Å². The zero-order valence-electron chi connectivity index (χ0n) is 15.5. The second-order valence-electron chi connectivity index (χ2n) is 6.71. The summed E-state index contributed by atoms with van der Waals surface area (Å²) < 4.78 is 24.7. The van der Waals surface area contributed by atoms with Crippen LogP contribution in [0.4, 0.5) is 0 Å². The number of halogens is 1. The van der Waals surface area contributed by atoms with Crippen molar-refractivity contribution in [2.45, 2.75) is 62.8 Å². The maximum Gasteiger partial charge on any atom is 0.252 e. The Morgan fingerprint density at radius 2 is 1.73 bits per heavy atom. The number of carbonyl (C=O) groups is 1. The van der Waals surface area contributed by atoms with Gasteiger partial charge in [-0.1, -0.05) is 44.7 Å². The smallest absolute Gasteiger partial charge is 0.252 e. The van der Waals surface area contributed by atoms with Gasteiger partial charge in [-0.3, -0.25) is 4.79 Å². The first kappa shape index (κ1) is 22.9. The molecule has 1 saturated carbocycles. The summed E-state index contributed by atoms with van der Waals surface area (Å²) in [4.78, 5) is 12.5. The Balaban J connectivity index is 0.00000338. The van der Waals surface area contributed by atoms with Crippen molar-refractivity contribution in [2.75, 3.05) is 18.8 Å². The zero-order chi connectivity index (χ0) is 18.1. The highest BCUT2D eigenvalue weighted by atomic mass is 35.5. The third kappa shape index (κ3) is 6.89. The van der Waals surface area contributed by atoms with Gasteiger partial charge in [0.25, 0.3) is 5.91 Å². The minimum atomic E-state index is -3.41. The predicted molar refractivity (Wildman–Crippen MR) is 108 cm³/mol. The summed E-state index contributed by atoms with van der Waals surface area (Å²) >= 11 is 0. The molecule has 7 heteroatoms. The molecule has 0 saturated heterocycles. The largest absolute Gasteiger partial charge is 0.351 e. The summed E-state index contributed by atoms with van der Waals surface area (Å²) in [6.07, 6.45) is 8.11. The van der Waals surface area contributed by atoms with Gasteiger partial charge >= 0.3 is 0 Å². The van der Waals surface area contributed by atoms with Crippen molar-refractivity contribution in [2.24, 2.45) is 0 Å². The van der Waals surface area contributed by atoms with Crippen molar-refractivity contribution in [1.29, 1.82) is 0 Å². The van der Waals surface area contributed by atoms with Gasteiger partial charge < -0.3 is 10.6 Å². The molecule has 0 spiro atoms. The fourth-order valence-corrected chi connectivity index (χ4v) is 4.87. The lowest BCUT2D eigenvalue weighted by Crippen LogP contribution is -2.37. The van der Waals surface area contributed by atoms with Gasteiger partial charge in [-0.25, -0.2) is 8.42 Å². The van der Waals surface area contributed by atoms with E-state index in [0.717, 1.165) is 0 Å². The topological polar surface area (TPSA) is 75.3 Å². The Kier molecular flexibility index (Phi) is 10.2. The summed E-state index contributed by atoms with van der Waals surface area (Å²) in [5, 5.41) is 6.34. The number of sulfone groups is 1. The van der Waals surface area contributed by atoms with E-state index in [2.05, 4.69) is 10.6 Å². The summed E-state index contributed by atoms with van der Waals surface area (Å²) in [5.74, 6) is -0.265. The number of carbonyl (C=O) groups excluding carboxylic acids is 1. The number of nitrogens with one attached hydrogen (secondary N) is 2. The Labute approximate surface area is 163 Å². The fourth-order valence-electron chi connectivity index (χ4n) is 3.34. The molecule has 0 radical (unpaired) electrons. The molecule has 2 rings (SSSR count). The second-order valence-corrected chi connectivity index (χ2v) is 8.79. The fraction of sp³-hybridized carbons (Fsp3) is 0.632. The highest BCUT2D eigenvalue weighted by Gasteiger charge is 2.21. The van der Waals surface area contributed by atoms with Crippen LogP contribution in [-0.4, -0.2) is 39.2 Å². The summed E-state index contributed by atoms with van der Waals surface area (Å²) in [6.45, 7) is 3.02. The van der Waals surface area contributed by atoms with Gasteiger partial charge in [-0.05, 0) is 31.4 Å². The molecule has 2 N–H and O–H groups in total. The lowest BCUT2D eigenvalue weighted by atomic mass is 10.1. The van der Waals surface area contributed by atoms with E-state index in [0.29, 0.717) is 25.6 Å². The van der Waals surface area contributed by atoms with E-state index in [4.69, 9.17) is 0 Å².